The Labute approximate surface area is 309 Å². The van der Waals surface area contributed by atoms with E-state index in [1.165, 1.54) is 30.6 Å². The number of aliphatic hydroxyl groups excluding tert-OH is 3. The molecule has 0 spiro atoms. The lowest BCUT2D eigenvalue weighted by Crippen LogP contribution is -2.47. The number of benzene rings is 2. The maximum Gasteiger partial charge on any atom is 0.325 e. The molecule has 3 fully saturated rings. The summed E-state index contributed by atoms with van der Waals surface area (Å²) in [6, 6.07) is 10.5. The minimum absolute atomic E-state index is 0.0324. The summed E-state index contributed by atoms with van der Waals surface area (Å²) in [5.74, 6) is 0.0927. The van der Waals surface area contributed by atoms with Crippen molar-refractivity contribution in [2.75, 3.05) is 35.2 Å². The highest BCUT2D eigenvalue weighted by molar-refractivity contribution is 7.89. The molecule has 5 amide bonds. The van der Waals surface area contributed by atoms with Crippen LogP contribution in [0.2, 0.25) is 0 Å². The Bertz CT molecular complexity index is 2150. The van der Waals surface area contributed by atoms with Crippen molar-refractivity contribution < 1.29 is 38.1 Å². The van der Waals surface area contributed by atoms with Gasteiger partial charge in [-0.3, -0.25) is 9.69 Å². The van der Waals surface area contributed by atoms with Gasteiger partial charge in [-0.15, -0.1) is 0 Å². The van der Waals surface area contributed by atoms with Crippen molar-refractivity contribution in [2.24, 2.45) is 5.14 Å². The zero-order valence-electron chi connectivity index (χ0n) is 29.1. The van der Waals surface area contributed by atoms with E-state index < -0.39 is 64.4 Å². The predicted octanol–water partition coefficient (Wildman–Crippen LogP) is -0.135. The van der Waals surface area contributed by atoms with Gasteiger partial charge in [-0.25, -0.2) is 28.1 Å². The molecular weight excluding hydrogens is 723 g/mol. The van der Waals surface area contributed by atoms with Gasteiger partial charge < -0.3 is 46.1 Å². The van der Waals surface area contributed by atoms with Gasteiger partial charge in [0.25, 0.3) is 5.91 Å². The van der Waals surface area contributed by atoms with E-state index in [4.69, 9.17) is 15.1 Å². The molecule has 286 valence electrons. The molecule has 4 heterocycles. The first kappa shape index (κ1) is 36.9. The number of hydrogen-bond acceptors (Lipinski definition) is 13. The fourth-order valence-corrected chi connectivity index (χ4v) is 7.76. The third-order valence-corrected chi connectivity index (χ3v) is 10.9. The molecule has 9 N–H and O–H groups in total. The first-order valence-electron chi connectivity index (χ1n) is 17.4. The number of hydrogen-bond donors (Lipinski definition) is 8. The number of nitrogens with zero attached hydrogens (tertiary/aromatic N) is 6. The lowest BCUT2D eigenvalue weighted by atomic mass is 10.1. The van der Waals surface area contributed by atoms with Gasteiger partial charge in [0, 0.05) is 24.8 Å². The molecule has 19 nitrogen and oxygen atoms in total. The zero-order chi connectivity index (χ0) is 38.3. The largest absolute Gasteiger partial charge is 0.394 e. The molecule has 2 aliphatic heterocycles. The number of aliphatic hydroxyl groups is 3. The van der Waals surface area contributed by atoms with E-state index in [9.17, 15) is 38.1 Å². The Morgan fingerprint density at radius 3 is 2.44 bits per heavy atom. The average Bonchev–Trinajstić information content (AvgIpc) is 3.90. The highest BCUT2D eigenvalue weighted by atomic mass is 32.2. The Balaban J connectivity index is 1.15. The lowest BCUT2D eigenvalue weighted by Gasteiger charge is -2.24. The van der Waals surface area contributed by atoms with E-state index >= 15 is 0 Å². The maximum absolute atomic E-state index is 12.9. The van der Waals surface area contributed by atoms with Crippen molar-refractivity contribution in [3.63, 3.8) is 0 Å². The van der Waals surface area contributed by atoms with Crippen molar-refractivity contribution in [3.8, 4) is 0 Å². The second-order valence-corrected chi connectivity index (χ2v) is 15.3. The topological polar surface area (TPSA) is 270 Å². The van der Waals surface area contributed by atoms with Crippen LogP contribution in [0.1, 0.15) is 31.4 Å². The number of carbonyl (C=O) groups is 3. The lowest BCUT2D eigenvalue weighted by molar-refractivity contribution is -0.130. The number of nitrogens with two attached hydrogens (primary N) is 1. The molecule has 20 heteroatoms. The molecule has 4 aromatic rings. The standard InChI is InChI=1S/C34H41N11O8S/c1-18-31(49)45(34(51)37-18)25-14-24(27(47)28(25)48)44-17-36-26-29(38-22(16-46)13-19-5-3-2-4-6-19)41-32(42-30(26)44)43-12-11-21(15-43)40-33(50)39-20-7-9-23(10-8-20)54(35,52)53/h2-10,17-18,21-22,24-25,27-28,46-48H,11-16H2,1H3,(H,37,51)(H2,35,52,53)(H,38,41,42)(H2,39,40,50)/t18?,21?,22-,24+,25-,27-,28+/m0/s1. The van der Waals surface area contributed by atoms with Crippen LogP contribution in [-0.2, 0) is 21.2 Å². The molecule has 0 bridgehead atoms. The number of carbonyl (C=O) groups excluding carboxylic acids is 3. The molecule has 3 aliphatic rings. The summed E-state index contributed by atoms with van der Waals surface area (Å²) in [4.78, 5) is 55.3. The minimum atomic E-state index is -3.88. The highest BCUT2D eigenvalue weighted by Crippen LogP contribution is 2.38. The van der Waals surface area contributed by atoms with Gasteiger partial charge in [0.1, 0.15) is 18.2 Å². The van der Waals surface area contributed by atoms with E-state index in [0.29, 0.717) is 48.6 Å². The van der Waals surface area contributed by atoms with Crippen LogP contribution < -0.4 is 31.3 Å². The third-order valence-electron chi connectivity index (χ3n) is 10.0. The predicted molar refractivity (Wildman–Crippen MR) is 195 cm³/mol. The van der Waals surface area contributed by atoms with Gasteiger partial charge >= 0.3 is 12.1 Å². The molecule has 2 saturated heterocycles. The molecule has 0 radical (unpaired) electrons. The SMILES string of the molecule is CC1NC(=O)N([C@H]2C[C@@H](n3cnc4c(N[C@H](CO)Cc5ccccc5)nc(N5CCC(NC(=O)Nc6ccc(S(N)(=O)=O)cc6)C5)nc43)[C@H](O)[C@@H]2O)C1=O. The summed E-state index contributed by atoms with van der Waals surface area (Å²) in [6.07, 6.45) is -0.311. The molecule has 1 aliphatic carbocycles. The van der Waals surface area contributed by atoms with Crippen molar-refractivity contribution in [1.29, 1.82) is 0 Å². The molecule has 7 rings (SSSR count). The zero-order valence-corrected chi connectivity index (χ0v) is 29.9. The number of aromatic nitrogens is 4. The Morgan fingerprint density at radius 1 is 1.06 bits per heavy atom. The van der Waals surface area contributed by atoms with Crippen LogP contribution in [0.25, 0.3) is 11.2 Å². The maximum atomic E-state index is 12.9. The number of imidazole rings is 1. The van der Waals surface area contributed by atoms with Gasteiger partial charge in [0.15, 0.2) is 17.0 Å². The Kier molecular flexibility index (Phi) is 10.1. The third kappa shape index (κ3) is 7.37. The van der Waals surface area contributed by atoms with Crippen molar-refractivity contribution in [2.45, 2.75) is 73.5 Å². The summed E-state index contributed by atoms with van der Waals surface area (Å²) in [5, 5.41) is 49.3. The smallest absolute Gasteiger partial charge is 0.325 e. The number of primary sulfonamides is 1. The van der Waals surface area contributed by atoms with Crippen LogP contribution in [0.15, 0.2) is 65.8 Å². The molecule has 2 aromatic carbocycles. The summed E-state index contributed by atoms with van der Waals surface area (Å²) < 4.78 is 24.7. The van der Waals surface area contributed by atoms with Crippen LogP contribution in [0, 0.1) is 0 Å². The van der Waals surface area contributed by atoms with Crippen LogP contribution in [-0.4, -0.2) is 122 Å². The first-order valence-corrected chi connectivity index (χ1v) is 19.0. The first-order chi connectivity index (χ1) is 25.8. The van der Waals surface area contributed by atoms with E-state index in [1.54, 1.807) is 11.5 Å². The number of sulfonamides is 1. The van der Waals surface area contributed by atoms with Crippen molar-refractivity contribution in [3.05, 3.63) is 66.5 Å². The quantitative estimate of drug-likeness (QED) is 0.0926. The average molecular weight is 764 g/mol. The fourth-order valence-electron chi connectivity index (χ4n) is 7.24. The van der Waals surface area contributed by atoms with Gasteiger partial charge in [-0.1, -0.05) is 30.3 Å². The Hall–Kier alpha value is -5.41. The molecule has 7 atom stereocenters. The van der Waals surface area contributed by atoms with Gasteiger partial charge in [-0.05, 0) is 56.0 Å². The van der Waals surface area contributed by atoms with Gasteiger partial charge in [0.2, 0.25) is 16.0 Å². The molecule has 54 heavy (non-hydrogen) atoms. The minimum Gasteiger partial charge on any atom is -0.394 e. The summed E-state index contributed by atoms with van der Waals surface area (Å²) in [7, 11) is -3.88. The van der Waals surface area contributed by atoms with E-state index in [1.807, 2.05) is 35.2 Å². The highest BCUT2D eigenvalue weighted by Gasteiger charge is 2.51. The monoisotopic (exact) mass is 763 g/mol. The molecule has 2 aromatic heterocycles. The normalized spacial score (nSPS) is 24.9. The van der Waals surface area contributed by atoms with E-state index in [0.717, 1.165) is 10.5 Å². The van der Waals surface area contributed by atoms with E-state index in [-0.39, 0.29) is 29.9 Å². The fraction of sp³-hybridized carbons (Fsp3) is 0.412. The second kappa shape index (κ2) is 14.8. The van der Waals surface area contributed by atoms with Crippen LogP contribution in [0.5, 0.6) is 0 Å². The molecule has 2 unspecified atom stereocenters. The van der Waals surface area contributed by atoms with Gasteiger partial charge in [-0.2, -0.15) is 9.97 Å². The number of nitrogens with one attached hydrogen (secondary N) is 4. The number of amides is 5. The molecule has 1 saturated carbocycles. The summed E-state index contributed by atoms with van der Waals surface area (Å²) >= 11 is 0. The van der Waals surface area contributed by atoms with Gasteiger partial charge in [0.05, 0.1) is 36.0 Å². The van der Waals surface area contributed by atoms with Crippen molar-refractivity contribution >= 4 is 56.6 Å². The molecular formula is C34H41N11O8S. The number of urea groups is 2. The second-order valence-electron chi connectivity index (χ2n) is 13.7. The van der Waals surface area contributed by atoms with E-state index in [2.05, 4.69) is 26.3 Å². The van der Waals surface area contributed by atoms with Crippen LogP contribution >= 0.6 is 0 Å². The number of rotatable bonds is 11. The van der Waals surface area contributed by atoms with Crippen LogP contribution in [0.3, 0.4) is 0 Å². The number of fused-ring (bicyclic) bond motifs is 1. The van der Waals surface area contributed by atoms with Crippen molar-refractivity contribution in [1.82, 2.24) is 35.1 Å². The summed E-state index contributed by atoms with van der Waals surface area (Å²) in [5.41, 5.74) is 1.99. The van der Waals surface area contributed by atoms with Crippen LogP contribution in [0.4, 0.5) is 27.0 Å². The number of anilines is 3. The Morgan fingerprint density at radius 2 is 1.78 bits per heavy atom. The number of imide groups is 1. The summed E-state index contributed by atoms with van der Waals surface area (Å²) in [6.45, 7) is 2.09.